The molecule has 0 aliphatic heterocycles. The van der Waals surface area contributed by atoms with Crippen molar-refractivity contribution >= 4 is 11.9 Å². The quantitative estimate of drug-likeness (QED) is 0.320. The van der Waals surface area contributed by atoms with Crippen molar-refractivity contribution in [3.8, 4) is 0 Å². The number of guanidine groups is 1. The third-order valence-corrected chi connectivity index (χ3v) is 2.10. The van der Waals surface area contributed by atoms with Gasteiger partial charge in [0.15, 0.2) is 5.96 Å². The maximum atomic E-state index is 11.5. The molecule has 0 amide bonds. The Labute approximate surface area is 89.8 Å². The van der Waals surface area contributed by atoms with Crippen LogP contribution in [0, 0.1) is 0 Å². The topological polar surface area (TPSA) is 117 Å². The summed E-state index contributed by atoms with van der Waals surface area (Å²) >= 11 is 0. The predicted octanol–water partition coefficient (Wildman–Crippen LogP) is -0.681. The normalized spacial score (nSPS) is 16.3. The number of nitrogens with zero attached hydrogens (tertiary/aromatic N) is 1. The van der Waals surface area contributed by atoms with Crippen molar-refractivity contribution in [3.63, 3.8) is 0 Å². The molecule has 6 N–H and O–H groups in total. The zero-order valence-corrected chi connectivity index (χ0v) is 9.49. The summed E-state index contributed by atoms with van der Waals surface area (Å²) in [6.07, 6.45) is 0.559. The van der Waals surface area contributed by atoms with Crippen LogP contribution < -0.4 is 17.2 Å². The second-order valence-electron chi connectivity index (χ2n) is 3.48. The van der Waals surface area contributed by atoms with Crippen LogP contribution in [0.2, 0.25) is 0 Å². The molecule has 0 aliphatic rings. The molecule has 6 heteroatoms. The Morgan fingerprint density at radius 2 is 2.00 bits per heavy atom. The highest BCUT2D eigenvalue weighted by molar-refractivity contribution is 5.82. The molecule has 0 saturated carbocycles. The van der Waals surface area contributed by atoms with E-state index in [1.807, 2.05) is 6.92 Å². The summed E-state index contributed by atoms with van der Waals surface area (Å²) in [5.41, 5.74) is 15.2. The number of carbonyl (C=O) groups excluding carboxylic acids is 1. The molecular formula is C9H20N4O2. The van der Waals surface area contributed by atoms with Crippen molar-refractivity contribution < 1.29 is 9.53 Å². The van der Waals surface area contributed by atoms with Gasteiger partial charge in [0.2, 0.25) is 0 Å². The maximum absolute atomic E-state index is 11.5. The molecule has 0 aromatic rings. The van der Waals surface area contributed by atoms with Crippen LogP contribution in [0.5, 0.6) is 0 Å². The largest absolute Gasteiger partial charge is 0.465 e. The molecule has 0 fully saturated rings. The molecule has 2 unspecified atom stereocenters. The van der Waals surface area contributed by atoms with Crippen LogP contribution in [-0.2, 0) is 9.53 Å². The van der Waals surface area contributed by atoms with Gasteiger partial charge >= 0.3 is 5.97 Å². The first kappa shape index (κ1) is 13.7. The van der Waals surface area contributed by atoms with Crippen molar-refractivity contribution in [3.05, 3.63) is 0 Å². The summed E-state index contributed by atoms with van der Waals surface area (Å²) < 4.78 is 4.86. The first-order valence-corrected chi connectivity index (χ1v) is 4.91. The number of hydrogen-bond acceptors (Lipinski definition) is 4. The van der Waals surface area contributed by atoms with Gasteiger partial charge in [0.25, 0.3) is 0 Å². The minimum absolute atomic E-state index is 0.0807. The highest BCUT2D eigenvalue weighted by atomic mass is 16.5. The second-order valence-corrected chi connectivity index (χ2v) is 3.48. The summed E-state index contributed by atoms with van der Waals surface area (Å²) in [6.45, 7) is 5.41. The molecule has 0 heterocycles. The predicted molar refractivity (Wildman–Crippen MR) is 59.1 cm³/mol. The SMILES string of the molecule is CCOC(=O)C(C)(N)C(CC)N=C(N)N. The van der Waals surface area contributed by atoms with E-state index in [1.54, 1.807) is 13.8 Å². The lowest BCUT2D eigenvalue weighted by Gasteiger charge is -2.28. The fraction of sp³-hybridized carbons (Fsp3) is 0.778. The van der Waals surface area contributed by atoms with Gasteiger partial charge in [-0.15, -0.1) is 0 Å². The standard InChI is InChI=1S/C9H20N4O2/c1-4-6(13-8(10)11)9(3,12)7(14)15-5-2/h6H,4-5,12H2,1-3H3,(H4,10,11,13). The lowest BCUT2D eigenvalue weighted by molar-refractivity contribution is -0.149. The molecule has 0 radical (unpaired) electrons. The number of rotatable bonds is 5. The van der Waals surface area contributed by atoms with E-state index in [0.717, 1.165) is 0 Å². The van der Waals surface area contributed by atoms with Crippen LogP contribution in [0.15, 0.2) is 4.99 Å². The monoisotopic (exact) mass is 216 g/mol. The van der Waals surface area contributed by atoms with Crippen molar-refractivity contribution in [2.45, 2.75) is 38.8 Å². The summed E-state index contributed by atoms with van der Waals surface area (Å²) in [7, 11) is 0. The summed E-state index contributed by atoms with van der Waals surface area (Å²) in [6, 6.07) is -0.471. The number of aliphatic imine (C=N–C) groups is 1. The Kier molecular flexibility index (Phi) is 5.07. The number of nitrogens with two attached hydrogens (primary N) is 3. The highest BCUT2D eigenvalue weighted by Crippen LogP contribution is 2.15. The molecule has 15 heavy (non-hydrogen) atoms. The average Bonchev–Trinajstić information content (AvgIpc) is 2.13. The fourth-order valence-electron chi connectivity index (χ4n) is 1.25. The van der Waals surface area contributed by atoms with E-state index in [-0.39, 0.29) is 12.6 Å². The van der Waals surface area contributed by atoms with Crippen LogP contribution in [0.1, 0.15) is 27.2 Å². The van der Waals surface area contributed by atoms with Crippen molar-refractivity contribution in [2.24, 2.45) is 22.2 Å². The van der Waals surface area contributed by atoms with Gasteiger partial charge < -0.3 is 21.9 Å². The zero-order chi connectivity index (χ0) is 12.1. The number of esters is 1. The molecule has 0 aliphatic carbocycles. The van der Waals surface area contributed by atoms with Gasteiger partial charge in [-0.05, 0) is 20.3 Å². The number of hydrogen-bond donors (Lipinski definition) is 3. The van der Waals surface area contributed by atoms with Gasteiger partial charge in [0.1, 0.15) is 5.54 Å². The Bertz CT molecular complexity index is 246. The van der Waals surface area contributed by atoms with Gasteiger partial charge in [-0.25, -0.2) is 9.79 Å². The third-order valence-electron chi connectivity index (χ3n) is 2.10. The van der Waals surface area contributed by atoms with Gasteiger partial charge in [0, 0.05) is 0 Å². The molecule has 0 saturated heterocycles. The van der Waals surface area contributed by atoms with E-state index < -0.39 is 17.6 Å². The van der Waals surface area contributed by atoms with Crippen LogP contribution in [-0.4, -0.2) is 30.1 Å². The van der Waals surface area contributed by atoms with E-state index >= 15 is 0 Å². The second kappa shape index (κ2) is 5.55. The molecule has 88 valence electrons. The van der Waals surface area contributed by atoms with Gasteiger partial charge in [-0.1, -0.05) is 6.92 Å². The van der Waals surface area contributed by atoms with Gasteiger partial charge in [-0.3, -0.25) is 0 Å². The maximum Gasteiger partial charge on any atom is 0.328 e. The number of ether oxygens (including phenoxy) is 1. The molecule has 0 aromatic carbocycles. The van der Waals surface area contributed by atoms with Crippen molar-refractivity contribution in [1.82, 2.24) is 0 Å². The van der Waals surface area contributed by atoms with Gasteiger partial charge in [-0.2, -0.15) is 0 Å². The third kappa shape index (κ3) is 3.75. The van der Waals surface area contributed by atoms with E-state index in [9.17, 15) is 4.79 Å². The lowest BCUT2D eigenvalue weighted by Crippen LogP contribution is -2.55. The Morgan fingerprint density at radius 1 is 1.47 bits per heavy atom. The average molecular weight is 216 g/mol. The Balaban J connectivity index is 4.80. The smallest absolute Gasteiger partial charge is 0.328 e. The molecule has 0 bridgehead atoms. The molecule has 0 rings (SSSR count). The van der Waals surface area contributed by atoms with Crippen LogP contribution in [0.4, 0.5) is 0 Å². The van der Waals surface area contributed by atoms with E-state index in [4.69, 9.17) is 21.9 Å². The zero-order valence-electron chi connectivity index (χ0n) is 9.49. The van der Waals surface area contributed by atoms with Crippen LogP contribution >= 0.6 is 0 Å². The minimum atomic E-state index is -1.20. The minimum Gasteiger partial charge on any atom is -0.465 e. The summed E-state index contributed by atoms with van der Waals surface area (Å²) in [4.78, 5) is 15.5. The fourth-order valence-corrected chi connectivity index (χ4v) is 1.25. The van der Waals surface area contributed by atoms with Gasteiger partial charge in [0.05, 0.1) is 12.6 Å². The highest BCUT2D eigenvalue weighted by Gasteiger charge is 2.38. The van der Waals surface area contributed by atoms with E-state index in [1.165, 1.54) is 0 Å². The lowest BCUT2D eigenvalue weighted by atomic mass is 9.92. The van der Waals surface area contributed by atoms with Crippen LogP contribution in [0.25, 0.3) is 0 Å². The first-order chi connectivity index (χ1) is 6.86. The summed E-state index contributed by atoms with van der Waals surface area (Å²) in [5.74, 6) is -0.579. The van der Waals surface area contributed by atoms with Crippen molar-refractivity contribution in [2.75, 3.05) is 6.61 Å². The molecule has 0 aromatic heterocycles. The Morgan fingerprint density at radius 3 is 2.33 bits per heavy atom. The van der Waals surface area contributed by atoms with E-state index in [2.05, 4.69) is 4.99 Å². The molecular weight excluding hydrogens is 196 g/mol. The van der Waals surface area contributed by atoms with Crippen LogP contribution in [0.3, 0.4) is 0 Å². The molecule has 2 atom stereocenters. The number of carbonyl (C=O) groups is 1. The molecule has 0 spiro atoms. The molecule has 6 nitrogen and oxygen atoms in total. The first-order valence-electron chi connectivity index (χ1n) is 4.91. The summed E-state index contributed by atoms with van der Waals surface area (Å²) in [5, 5.41) is 0. The van der Waals surface area contributed by atoms with Crippen molar-refractivity contribution in [1.29, 1.82) is 0 Å². The van der Waals surface area contributed by atoms with E-state index in [0.29, 0.717) is 6.42 Å². The Hall–Kier alpha value is -1.30.